The van der Waals surface area contributed by atoms with Gasteiger partial charge in [0.2, 0.25) is 13.4 Å². The van der Waals surface area contributed by atoms with E-state index < -0.39 is 0 Å². The molecule has 0 saturated carbocycles. The van der Waals surface area contributed by atoms with Gasteiger partial charge < -0.3 is 0 Å². The highest BCUT2D eigenvalue weighted by molar-refractivity contribution is 7.00. The minimum Gasteiger partial charge on any atom is -0.238 e. The predicted octanol–water partition coefficient (Wildman–Crippen LogP) is 10.7. The van der Waals surface area contributed by atoms with Crippen molar-refractivity contribution in [1.82, 2.24) is 0 Å². The zero-order valence-electron chi connectivity index (χ0n) is 33.7. The minimum absolute atomic E-state index is 0.203. The van der Waals surface area contributed by atoms with Gasteiger partial charge >= 0.3 is 0 Å². The van der Waals surface area contributed by atoms with Crippen LogP contribution in [0.5, 0.6) is 0 Å². The van der Waals surface area contributed by atoms with E-state index in [1.807, 2.05) is 0 Å². The molecule has 0 radical (unpaired) electrons. The smallest absolute Gasteiger partial charge is 0.238 e. The Kier molecular flexibility index (Phi) is 8.21. The van der Waals surface area contributed by atoms with Crippen molar-refractivity contribution in [2.75, 3.05) is 0 Å². The summed E-state index contributed by atoms with van der Waals surface area (Å²) >= 11 is 0. The first kappa shape index (κ1) is 35.7. The molecule has 0 heterocycles. The lowest BCUT2D eigenvalue weighted by Crippen LogP contribution is -2.53. The summed E-state index contributed by atoms with van der Waals surface area (Å²) < 4.78 is 0. The van der Waals surface area contributed by atoms with Crippen LogP contribution in [-0.2, 0) is 0 Å². The molecule has 12 aromatic carbocycles. The summed E-state index contributed by atoms with van der Waals surface area (Å²) in [6.45, 7) is 8.30. The fraction of sp³-hybridized carbons (Fsp3) is 0. The van der Waals surface area contributed by atoms with Gasteiger partial charge in [-0.05, 0) is 76.1 Å². The van der Waals surface area contributed by atoms with Gasteiger partial charge in [0.05, 0.1) is 18.2 Å². The van der Waals surface area contributed by atoms with Crippen LogP contribution in [-0.4, -0.2) is 13.4 Å². The van der Waals surface area contributed by atoms with Crippen LogP contribution in [0.25, 0.3) is 80.3 Å². The van der Waals surface area contributed by atoms with Crippen molar-refractivity contribution in [2.24, 2.45) is 0 Å². The lowest BCUT2D eigenvalue weighted by atomic mass is 9.34. The average Bonchev–Trinajstić information content (AvgIpc) is 3.34. The first-order valence-corrected chi connectivity index (χ1v) is 21.2. The molecule has 0 bridgehead atoms. The second-order valence-corrected chi connectivity index (χ2v) is 16.4. The maximum atomic E-state index is 11.1. The molecule has 12 aromatic rings. The average molecular weight is 781 g/mol. The zero-order chi connectivity index (χ0) is 41.3. The Labute approximate surface area is 360 Å². The summed E-state index contributed by atoms with van der Waals surface area (Å²) in [7, 11) is 0. The normalized spacial score (nSPS) is 11.5. The Morgan fingerprint density at radius 1 is 0.339 bits per heavy atom. The van der Waals surface area contributed by atoms with Crippen molar-refractivity contribution in [3.63, 3.8) is 0 Å². The highest BCUT2D eigenvalue weighted by atomic mass is 14.6. The molecule has 0 unspecified atom stereocenters. The Balaban J connectivity index is 1.23. The summed E-state index contributed by atoms with van der Waals surface area (Å²) in [4.78, 5) is 4.28. The van der Waals surface area contributed by atoms with Crippen LogP contribution in [0.4, 0.5) is 5.69 Å². The highest BCUT2D eigenvalue weighted by Crippen LogP contribution is 2.39. The number of nitrogens with zero attached hydrogens (tertiary/aromatic N) is 2. The van der Waals surface area contributed by atoms with E-state index in [0.29, 0.717) is 11.3 Å². The number of rotatable bonds is 6. The molecule has 0 spiro atoms. The van der Waals surface area contributed by atoms with Gasteiger partial charge in [-0.25, -0.2) is 4.85 Å². The minimum atomic E-state index is -0.206. The molecule has 282 valence electrons. The molecular weight excluding hydrogens is 746 g/mol. The number of fused-ring (bicyclic) bond motifs is 4. The summed E-state index contributed by atoms with van der Waals surface area (Å²) in [6, 6.07) is 76.5. The first-order valence-electron chi connectivity index (χ1n) is 21.2. The van der Waals surface area contributed by atoms with E-state index in [-0.39, 0.29) is 13.4 Å². The van der Waals surface area contributed by atoms with Crippen molar-refractivity contribution < 1.29 is 0 Å². The monoisotopic (exact) mass is 780 g/mol. The van der Waals surface area contributed by atoms with E-state index in [1.165, 1.54) is 64.9 Å². The van der Waals surface area contributed by atoms with Crippen LogP contribution in [0.2, 0.25) is 0 Å². The van der Waals surface area contributed by atoms with E-state index in [9.17, 15) is 5.26 Å². The van der Waals surface area contributed by atoms with E-state index in [2.05, 4.69) is 217 Å². The van der Waals surface area contributed by atoms with Gasteiger partial charge in [-0.3, -0.25) is 0 Å². The molecule has 0 aliphatic rings. The fourth-order valence-electron chi connectivity index (χ4n) is 10.7. The summed E-state index contributed by atoms with van der Waals surface area (Å²) in [5.74, 6) is 0. The largest absolute Gasteiger partial charge is 0.243 e. The molecule has 0 aromatic heterocycles. The lowest BCUT2D eigenvalue weighted by Gasteiger charge is -2.25. The third kappa shape index (κ3) is 5.38. The molecule has 12 rings (SSSR count). The third-order valence-corrected chi connectivity index (χ3v) is 13.3. The SMILES string of the molecule is [C-]#[N+]c1cc(B(c2cccc3ccccc23)c2cccc3ccccc23)c2ccc3c(B(c4cccc5ccccc45)c4cccc5ccccc45)cc(C#N)c4ccc1c2c43. The molecule has 0 fully saturated rings. The summed E-state index contributed by atoms with van der Waals surface area (Å²) in [5, 5.41) is 26.6. The number of hydrogen-bond acceptors (Lipinski definition) is 1. The van der Waals surface area contributed by atoms with Gasteiger partial charge in [0.1, 0.15) is 0 Å². The molecule has 0 amide bonds. The van der Waals surface area contributed by atoms with Crippen LogP contribution in [0.3, 0.4) is 0 Å². The van der Waals surface area contributed by atoms with Crippen LogP contribution in [0, 0.1) is 17.9 Å². The van der Waals surface area contributed by atoms with Crippen molar-refractivity contribution in [1.29, 1.82) is 5.26 Å². The van der Waals surface area contributed by atoms with Crippen molar-refractivity contribution in [3.05, 3.63) is 223 Å². The van der Waals surface area contributed by atoms with Gasteiger partial charge in [0, 0.05) is 5.39 Å². The molecular formula is C58H34B2N2. The van der Waals surface area contributed by atoms with Crippen molar-refractivity contribution >= 4 is 127 Å². The predicted molar refractivity (Wildman–Crippen MR) is 266 cm³/mol. The standard InChI is InChI=1S/C58H34B2N2/c1-62-56-35-55(60(52-28-12-20-39-16-4-8-24-44(39)52)53-29-13-21-40-17-5-9-25-45(40)53)48-32-31-47-54(34-41(36-61)46-30-33-49(56)58(48)57(46)47)59(50-26-10-18-37-14-2-6-22-42(37)50)51-27-11-19-38-15-3-7-23-43(38)51/h2-35H. The molecule has 0 saturated heterocycles. The van der Waals surface area contributed by atoms with E-state index in [0.717, 1.165) is 43.2 Å². The van der Waals surface area contributed by atoms with Gasteiger partial charge in [-0.2, -0.15) is 5.26 Å². The van der Waals surface area contributed by atoms with Gasteiger partial charge in [-0.15, -0.1) is 0 Å². The maximum absolute atomic E-state index is 11.1. The van der Waals surface area contributed by atoms with Crippen LogP contribution in [0.15, 0.2) is 206 Å². The zero-order valence-corrected chi connectivity index (χ0v) is 33.7. The number of nitriles is 1. The van der Waals surface area contributed by atoms with Gasteiger partial charge in [-0.1, -0.05) is 233 Å². The second-order valence-electron chi connectivity index (χ2n) is 16.4. The Bertz CT molecular complexity index is 3440. The molecule has 2 nitrogen and oxygen atoms in total. The van der Waals surface area contributed by atoms with Gasteiger partial charge in [0.15, 0.2) is 5.69 Å². The molecule has 62 heavy (non-hydrogen) atoms. The second kappa shape index (κ2) is 14.2. The van der Waals surface area contributed by atoms with Crippen molar-refractivity contribution in [3.8, 4) is 6.07 Å². The van der Waals surface area contributed by atoms with E-state index >= 15 is 0 Å². The van der Waals surface area contributed by atoms with E-state index in [4.69, 9.17) is 6.57 Å². The number of benzene rings is 12. The van der Waals surface area contributed by atoms with Crippen LogP contribution in [0.1, 0.15) is 5.56 Å². The molecule has 0 aliphatic carbocycles. The first-order chi connectivity index (χ1) is 30.7. The molecule has 0 atom stereocenters. The summed E-state index contributed by atoms with van der Waals surface area (Å²) in [6.07, 6.45) is 0. The fourth-order valence-corrected chi connectivity index (χ4v) is 10.7. The Hall–Kier alpha value is -8.17. The topological polar surface area (TPSA) is 28.1 Å². The highest BCUT2D eigenvalue weighted by Gasteiger charge is 2.32. The summed E-state index contributed by atoms with van der Waals surface area (Å²) in [5.41, 5.74) is 8.14. The van der Waals surface area contributed by atoms with Crippen molar-refractivity contribution in [2.45, 2.75) is 0 Å². The Morgan fingerprint density at radius 3 is 1.08 bits per heavy atom. The van der Waals surface area contributed by atoms with Crippen LogP contribution >= 0.6 is 0 Å². The number of hydrogen-bond donors (Lipinski definition) is 0. The Morgan fingerprint density at radius 2 is 0.677 bits per heavy atom. The van der Waals surface area contributed by atoms with Crippen LogP contribution < -0.4 is 32.8 Å². The molecule has 4 heteroatoms. The van der Waals surface area contributed by atoms with E-state index in [1.54, 1.807) is 0 Å². The maximum Gasteiger partial charge on any atom is 0.243 e. The molecule has 0 N–H and O–H groups in total. The molecule has 0 aliphatic heterocycles. The quantitative estimate of drug-likeness (QED) is 0.0938. The lowest BCUT2D eigenvalue weighted by molar-refractivity contribution is 1.51. The van der Waals surface area contributed by atoms with Gasteiger partial charge in [0.25, 0.3) is 0 Å². The third-order valence-electron chi connectivity index (χ3n) is 13.3.